The zero-order valence-corrected chi connectivity index (χ0v) is 14.1. The first-order valence-corrected chi connectivity index (χ1v) is 8.57. The third-order valence-corrected chi connectivity index (χ3v) is 4.85. The van der Waals surface area contributed by atoms with Gasteiger partial charge in [0.05, 0.1) is 5.92 Å². The van der Waals surface area contributed by atoms with Gasteiger partial charge in [0.2, 0.25) is 5.91 Å². The van der Waals surface area contributed by atoms with Gasteiger partial charge in [0, 0.05) is 12.3 Å². The fourth-order valence-corrected chi connectivity index (χ4v) is 3.54. The Balaban J connectivity index is 1.56. The second-order valence-electron chi connectivity index (χ2n) is 6.46. The topological polar surface area (TPSA) is 41.5 Å². The predicted octanol–water partition coefficient (Wildman–Crippen LogP) is 4.08. The van der Waals surface area contributed by atoms with Crippen molar-refractivity contribution in [2.45, 2.75) is 25.4 Å². The average molecular weight is 328 g/mol. The highest BCUT2D eigenvalue weighted by Crippen LogP contribution is 2.36. The maximum Gasteiger partial charge on any atom is 0.246 e. The molecule has 3 aromatic carbocycles. The lowest BCUT2D eigenvalue weighted by Crippen LogP contribution is -2.45. The number of nitrogens with zero attached hydrogens (tertiary/aromatic N) is 1. The Morgan fingerprint density at radius 1 is 0.960 bits per heavy atom. The molecule has 0 saturated carbocycles. The number of aliphatic imine (C=N–C) groups is 1. The van der Waals surface area contributed by atoms with Gasteiger partial charge >= 0.3 is 0 Å². The summed E-state index contributed by atoms with van der Waals surface area (Å²) in [5, 5.41) is 5.42. The van der Waals surface area contributed by atoms with Crippen LogP contribution in [0.5, 0.6) is 0 Å². The maximum absolute atomic E-state index is 12.6. The molecule has 3 nitrogen and oxygen atoms in total. The van der Waals surface area contributed by atoms with Crippen molar-refractivity contribution >= 4 is 22.4 Å². The number of hydrogen-bond acceptors (Lipinski definition) is 2. The fourth-order valence-electron chi connectivity index (χ4n) is 3.54. The molecule has 0 fully saturated rings. The van der Waals surface area contributed by atoms with E-state index in [0.29, 0.717) is 6.54 Å². The van der Waals surface area contributed by atoms with E-state index < -0.39 is 0 Å². The van der Waals surface area contributed by atoms with Gasteiger partial charge in [0.1, 0.15) is 6.04 Å². The fraction of sp³-hybridized carbons (Fsp3) is 0.182. The van der Waals surface area contributed by atoms with Crippen LogP contribution < -0.4 is 5.32 Å². The number of hydrogen-bond donors (Lipinski definition) is 1. The Bertz CT molecular complexity index is 941. The van der Waals surface area contributed by atoms with Crippen LogP contribution in [0.25, 0.3) is 10.8 Å². The number of carbonyl (C=O) groups is 1. The molecule has 1 amide bonds. The molecule has 3 heteroatoms. The molecule has 1 aliphatic rings. The number of rotatable bonds is 4. The van der Waals surface area contributed by atoms with Gasteiger partial charge in [-0.25, -0.2) is 0 Å². The summed E-state index contributed by atoms with van der Waals surface area (Å²) in [6, 6.07) is 24.2. The molecule has 0 bridgehead atoms. The van der Waals surface area contributed by atoms with E-state index in [2.05, 4.69) is 40.6 Å². The molecule has 0 aromatic heterocycles. The molecule has 0 saturated heterocycles. The first-order chi connectivity index (χ1) is 12.2. The second-order valence-corrected chi connectivity index (χ2v) is 6.46. The lowest BCUT2D eigenvalue weighted by molar-refractivity contribution is -0.123. The van der Waals surface area contributed by atoms with Crippen molar-refractivity contribution in [3.63, 3.8) is 0 Å². The van der Waals surface area contributed by atoms with Crippen LogP contribution in [0, 0.1) is 0 Å². The van der Waals surface area contributed by atoms with Crippen LogP contribution in [0.15, 0.2) is 77.8 Å². The summed E-state index contributed by atoms with van der Waals surface area (Å²) in [5.74, 6) is 0.0502. The van der Waals surface area contributed by atoms with E-state index in [1.165, 1.54) is 16.3 Å². The van der Waals surface area contributed by atoms with Gasteiger partial charge in [-0.2, -0.15) is 0 Å². The van der Waals surface area contributed by atoms with Gasteiger partial charge in [-0.1, -0.05) is 72.8 Å². The van der Waals surface area contributed by atoms with E-state index in [9.17, 15) is 4.79 Å². The van der Waals surface area contributed by atoms with Crippen molar-refractivity contribution in [3.8, 4) is 0 Å². The summed E-state index contributed by atoms with van der Waals surface area (Å²) in [6.45, 7) is 2.54. The number of nitrogens with one attached hydrogen (secondary N) is 1. The van der Waals surface area contributed by atoms with E-state index in [-0.39, 0.29) is 17.9 Å². The van der Waals surface area contributed by atoms with Crippen molar-refractivity contribution in [1.82, 2.24) is 5.32 Å². The lowest BCUT2D eigenvalue weighted by Gasteiger charge is -2.33. The first kappa shape index (κ1) is 15.6. The van der Waals surface area contributed by atoms with Gasteiger partial charge in [-0.3, -0.25) is 9.79 Å². The highest BCUT2D eigenvalue weighted by atomic mass is 16.2. The van der Waals surface area contributed by atoms with Crippen LogP contribution in [0.3, 0.4) is 0 Å². The Morgan fingerprint density at radius 3 is 2.48 bits per heavy atom. The molecule has 3 aromatic rings. The number of carbonyl (C=O) groups excluding carboxylic acids is 1. The van der Waals surface area contributed by atoms with Crippen molar-refractivity contribution in [2.24, 2.45) is 4.99 Å². The molecule has 2 atom stereocenters. The van der Waals surface area contributed by atoms with Crippen LogP contribution in [0.1, 0.15) is 24.0 Å². The third-order valence-electron chi connectivity index (χ3n) is 4.85. The first-order valence-electron chi connectivity index (χ1n) is 8.57. The third kappa shape index (κ3) is 2.93. The lowest BCUT2D eigenvalue weighted by atomic mass is 9.80. The van der Waals surface area contributed by atoms with Gasteiger partial charge in [-0.05, 0) is 28.8 Å². The summed E-state index contributed by atoms with van der Waals surface area (Å²) < 4.78 is 0. The molecule has 124 valence electrons. The normalized spacial score (nSPS) is 19.2. The number of amides is 1. The molecule has 1 heterocycles. The Morgan fingerprint density at radius 2 is 1.68 bits per heavy atom. The monoisotopic (exact) mass is 328 g/mol. The van der Waals surface area contributed by atoms with Crippen molar-refractivity contribution in [1.29, 1.82) is 0 Å². The number of benzene rings is 3. The van der Waals surface area contributed by atoms with Crippen molar-refractivity contribution < 1.29 is 4.79 Å². The maximum atomic E-state index is 12.6. The minimum atomic E-state index is -0.338. The smallest absolute Gasteiger partial charge is 0.246 e. The van der Waals surface area contributed by atoms with Crippen LogP contribution in [-0.4, -0.2) is 17.7 Å². The van der Waals surface area contributed by atoms with E-state index in [1.807, 2.05) is 49.4 Å². The van der Waals surface area contributed by atoms with Gasteiger partial charge in [0.15, 0.2) is 0 Å². The largest absolute Gasteiger partial charge is 0.350 e. The molecule has 0 radical (unpaired) electrons. The van der Waals surface area contributed by atoms with E-state index in [4.69, 9.17) is 0 Å². The molecule has 4 rings (SSSR count). The molecule has 0 unspecified atom stereocenters. The minimum absolute atomic E-state index is 0.00705. The van der Waals surface area contributed by atoms with E-state index in [0.717, 1.165) is 11.3 Å². The molecule has 25 heavy (non-hydrogen) atoms. The SMILES string of the molecule is CC1=N[C@@H](C(=O)NCc2ccccc2)[C@H]1c1cccc2ccccc12. The molecule has 1 N–H and O–H groups in total. The Kier molecular flexibility index (Phi) is 4.06. The predicted molar refractivity (Wildman–Crippen MR) is 102 cm³/mol. The summed E-state index contributed by atoms with van der Waals surface area (Å²) in [6.07, 6.45) is 0. The van der Waals surface area contributed by atoms with Crippen LogP contribution in [0.2, 0.25) is 0 Å². The van der Waals surface area contributed by atoms with Crippen molar-refractivity contribution in [2.75, 3.05) is 0 Å². The Labute approximate surface area is 147 Å². The summed E-state index contributed by atoms with van der Waals surface area (Å²) >= 11 is 0. The van der Waals surface area contributed by atoms with Crippen molar-refractivity contribution in [3.05, 3.63) is 83.9 Å². The Hall–Kier alpha value is -2.94. The second kappa shape index (κ2) is 6.52. The standard InChI is InChI=1S/C22H20N2O/c1-15-20(19-13-7-11-17-10-5-6-12-18(17)19)21(24-15)22(25)23-14-16-8-3-2-4-9-16/h2-13,20-21H,14H2,1H3,(H,23,25)/t20-,21-/m1/s1. The average Bonchev–Trinajstić information content (AvgIpc) is 2.65. The highest BCUT2D eigenvalue weighted by Gasteiger charge is 2.39. The summed E-state index contributed by atoms with van der Waals surface area (Å²) in [7, 11) is 0. The van der Waals surface area contributed by atoms with E-state index >= 15 is 0 Å². The van der Waals surface area contributed by atoms with E-state index in [1.54, 1.807) is 0 Å². The molecular weight excluding hydrogens is 308 g/mol. The molecule has 0 aliphatic carbocycles. The quantitative estimate of drug-likeness (QED) is 0.770. The highest BCUT2D eigenvalue weighted by molar-refractivity contribution is 6.06. The minimum Gasteiger partial charge on any atom is -0.350 e. The summed E-state index contributed by atoms with van der Waals surface area (Å²) in [4.78, 5) is 17.1. The molecular formula is C22H20N2O. The molecule has 0 spiro atoms. The zero-order valence-electron chi connectivity index (χ0n) is 14.1. The van der Waals surface area contributed by atoms with Crippen LogP contribution in [-0.2, 0) is 11.3 Å². The van der Waals surface area contributed by atoms with Gasteiger partial charge in [-0.15, -0.1) is 0 Å². The van der Waals surface area contributed by atoms with Crippen LogP contribution >= 0.6 is 0 Å². The molecule has 1 aliphatic heterocycles. The van der Waals surface area contributed by atoms with Gasteiger partial charge in [0.25, 0.3) is 0 Å². The number of fused-ring (bicyclic) bond motifs is 1. The van der Waals surface area contributed by atoms with Crippen LogP contribution in [0.4, 0.5) is 0 Å². The summed E-state index contributed by atoms with van der Waals surface area (Å²) in [5.41, 5.74) is 3.30. The zero-order chi connectivity index (χ0) is 17.2. The van der Waals surface area contributed by atoms with Gasteiger partial charge < -0.3 is 5.32 Å².